The predicted molar refractivity (Wildman–Crippen MR) is 94.9 cm³/mol. The van der Waals surface area contributed by atoms with E-state index in [-0.39, 0.29) is 5.75 Å². The van der Waals surface area contributed by atoms with Gasteiger partial charge in [0, 0.05) is 24.1 Å². The van der Waals surface area contributed by atoms with Crippen molar-refractivity contribution in [2.24, 2.45) is 0 Å². The van der Waals surface area contributed by atoms with Crippen LogP contribution in [0.1, 0.15) is 36.9 Å². The van der Waals surface area contributed by atoms with Crippen LogP contribution in [0.2, 0.25) is 0 Å². The maximum atomic E-state index is 9.87. The Bertz CT molecular complexity index is 686. The van der Waals surface area contributed by atoms with E-state index in [1.807, 2.05) is 24.3 Å². The Morgan fingerprint density at radius 2 is 2.12 bits per heavy atom. The monoisotopic (exact) mass is 327 g/mol. The van der Waals surface area contributed by atoms with Crippen LogP contribution in [-0.2, 0) is 6.42 Å². The number of phenols is 1. The Morgan fingerprint density at radius 1 is 1.29 bits per heavy atom. The van der Waals surface area contributed by atoms with Crippen molar-refractivity contribution < 1.29 is 14.6 Å². The standard InChI is InChI=1S/C20H25NO3/c1-14(7-8-15-9-10-20(23-2)18(22)13-15)21-17-11-12-24-19-6-4-3-5-16(17)19/h3-6,9-10,13-14,17,21-22H,7-8,11-12H2,1-2H3/t14-,17+/m1/s1. The number of rotatable bonds is 6. The van der Waals surface area contributed by atoms with Crippen LogP contribution in [0.5, 0.6) is 17.2 Å². The molecule has 2 atom stereocenters. The highest BCUT2D eigenvalue weighted by atomic mass is 16.5. The summed E-state index contributed by atoms with van der Waals surface area (Å²) in [5.41, 5.74) is 2.37. The van der Waals surface area contributed by atoms with Gasteiger partial charge in [0.25, 0.3) is 0 Å². The zero-order valence-corrected chi connectivity index (χ0v) is 14.3. The lowest BCUT2D eigenvalue weighted by atomic mass is 9.98. The Morgan fingerprint density at radius 3 is 2.92 bits per heavy atom. The lowest BCUT2D eigenvalue weighted by Gasteiger charge is -2.29. The van der Waals surface area contributed by atoms with Crippen molar-refractivity contribution in [3.8, 4) is 17.2 Å². The van der Waals surface area contributed by atoms with Crippen LogP contribution < -0.4 is 14.8 Å². The van der Waals surface area contributed by atoms with Gasteiger partial charge in [-0.15, -0.1) is 0 Å². The van der Waals surface area contributed by atoms with Crippen molar-refractivity contribution in [1.29, 1.82) is 0 Å². The number of ether oxygens (including phenoxy) is 2. The van der Waals surface area contributed by atoms with Crippen LogP contribution in [0.4, 0.5) is 0 Å². The van der Waals surface area contributed by atoms with Crippen LogP contribution >= 0.6 is 0 Å². The van der Waals surface area contributed by atoms with E-state index in [2.05, 4.69) is 24.4 Å². The second-order valence-electron chi connectivity index (χ2n) is 6.34. The topological polar surface area (TPSA) is 50.7 Å². The first-order valence-electron chi connectivity index (χ1n) is 8.51. The molecule has 3 rings (SSSR count). The average molecular weight is 327 g/mol. The van der Waals surface area contributed by atoms with E-state index in [1.165, 1.54) is 5.56 Å². The van der Waals surface area contributed by atoms with Crippen LogP contribution in [0.3, 0.4) is 0 Å². The lowest BCUT2D eigenvalue weighted by molar-refractivity contribution is 0.244. The number of aryl methyl sites for hydroxylation is 1. The molecule has 0 radical (unpaired) electrons. The molecular weight excluding hydrogens is 302 g/mol. The predicted octanol–water partition coefficient (Wildman–Crippen LogP) is 3.84. The van der Waals surface area contributed by atoms with Gasteiger partial charge in [0.2, 0.25) is 0 Å². The minimum absolute atomic E-state index is 0.203. The molecule has 4 heteroatoms. The van der Waals surface area contributed by atoms with Gasteiger partial charge in [-0.3, -0.25) is 0 Å². The third-order valence-corrected chi connectivity index (χ3v) is 4.55. The van der Waals surface area contributed by atoms with E-state index in [4.69, 9.17) is 9.47 Å². The zero-order chi connectivity index (χ0) is 16.9. The molecule has 4 nitrogen and oxygen atoms in total. The molecule has 0 amide bonds. The quantitative estimate of drug-likeness (QED) is 0.846. The molecule has 24 heavy (non-hydrogen) atoms. The van der Waals surface area contributed by atoms with Crippen LogP contribution in [0.25, 0.3) is 0 Å². The van der Waals surface area contributed by atoms with Gasteiger partial charge in [0.1, 0.15) is 5.75 Å². The Balaban J connectivity index is 1.57. The van der Waals surface area contributed by atoms with E-state index < -0.39 is 0 Å². The molecule has 0 aromatic heterocycles. The summed E-state index contributed by atoms with van der Waals surface area (Å²) >= 11 is 0. The van der Waals surface area contributed by atoms with Gasteiger partial charge >= 0.3 is 0 Å². The summed E-state index contributed by atoms with van der Waals surface area (Å²) in [6, 6.07) is 14.6. The molecule has 0 bridgehead atoms. The van der Waals surface area contributed by atoms with Crippen molar-refractivity contribution in [2.75, 3.05) is 13.7 Å². The molecule has 1 aliphatic heterocycles. The van der Waals surface area contributed by atoms with Crippen molar-refractivity contribution in [3.63, 3.8) is 0 Å². The first-order valence-corrected chi connectivity index (χ1v) is 8.51. The Hall–Kier alpha value is -2.20. The summed E-state index contributed by atoms with van der Waals surface area (Å²) in [6.45, 7) is 2.97. The largest absolute Gasteiger partial charge is 0.504 e. The van der Waals surface area contributed by atoms with E-state index in [1.54, 1.807) is 13.2 Å². The fourth-order valence-corrected chi connectivity index (χ4v) is 3.22. The molecule has 0 aliphatic carbocycles. The van der Waals surface area contributed by atoms with Crippen molar-refractivity contribution in [3.05, 3.63) is 53.6 Å². The molecule has 0 saturated carbocycles. The molecule has 1 aliphatic rings. The van der Waals surface area contributed by atoms with E-state index >= 15 is 0 Å². The molecule has 1 heterocycles. The average Bonchev–Trinajstić information content (AvgIpc) is 2.60. The number of hydrogen-bond acceptors (Lipinski definition) is 4. The van der Waals surface area contributed by atoms with Crippen LogP contribution in [-0.4, -0.2) is 24.9 Å². The summed E-state index contributed by atoms with van der Waals surface area (Å²) in [7, 11) is 1.56. The second-order valence-corrected chi connectivity index (χ2v) is 6.34. The van der Waals surface area contributed by atoms with Crippen molar-refractivity contribution >= 4 is 0 Å². The highest BCUT2D eigenvalue weighted by molar-refractivity contribution is 5.41. The highest BCUT2D eigenvalue weighted by Gasteiger charge is 2.22. The van der Waals surface area contributed by atoms with E-state index in [9.17, 15) is 5.11 Å². The molecule has 0 fully saturated rings. The minimum atomic E-state index is 0.203. The SMILES string of the molecule is COc1ccc(CC[C@@H](C)N[C@H]2CCOc3ccccc32)cc1O. The summed E-state index contributed by atoms with van der Waals surface area (Å²) in [5, 5.41) is 13.6. The first-order chi connectivity index (χ1) is 11.7. The maximum Gasteiger partial charge on any atom is 0.160 e. The molecule has 0 spiro atoms. The molecule has 2 aromatic rings. The van der Waals surface area contributed by atoms with Gasteiger partial charge in [0.05, 0.1) is 13.7 Å². The molecule has 2 N–H and O–H groups in total. The fraction of sp³-hybridized carbons (Fsp3) is 0.400. The zero-order valence-electron chi connectivity index (χ0n) is 14.3. The molecule has 0 saturated heterocycles. The molecule has 2 aromatic carbocycles. The highest BCUT2D eigenvalue weighted by Crippen LogP contribution is 2.32. The number of benzene rings is 2. The summed E-state index contributed by atoms with van der Waals surface area (Å²) in [5.74, 6) is 1.71. The summed E-state index contributed by atoms with van der Waals surface area (Å²) in [4.78, 5) is 0. The number of hydrogen-bond donors (Lipinski definition) is 2. The summed E-state index contributed by atoms with van der Waals surface area (Å²) in [6.07, 6.45) is 2.91. The molecular formula is C20H25NO3. The van der Waals surface area contributed by atoms with Gasteiger partial charge in [0.15, 0.2) is 11.5 Å². The van der Waals surface area contributed by atoms with Gasteiger partial charge in [-0.05, 0) is 43.5 Å². The summed E-state index contributed by atoms with van der Waals surface area (Å²) < 4.78 is 10.8. The third kappa shape index (κ3) is 3.82. The fourth-order valence-electron chi connectivity index (χ4n) is 3.22. The normalized spacial score (nSPS) is 17.7. The van der Waals surface area contributed by atoms with Crippen molar-refractivity contribution in [1.82, 2.24) is 5.32 Å². The minimum Gasteiger partial charge on any atom is -0.504 e. The maximum absolute atomic E-state index is 9.87. The number of aromatic hydroxyl groups is 1. The van der Waals surface area contributed by atoms with Gasteiger partial charge in [-0.1, -0.05) is 24.3 Å². The Kier molecular flexibility index (Phi) is 5.26. The number of para-hydroxylation sites is 1. The van der Waals surface area contributed by atoms with Crippen LogP contribution in [0.15, 0.2) is 42.5 Å². The van der Waals surface area contributed by atoms with E-state index in [0.29, 0.717) is 17.8 Å². The van der Waals surface area contributed by atoms with Gasteiger partial charge < -0.3 is 19.9 Å². The molecule has 0 unspecified atom stereocenters. The Labute approximate surface area is 143 Å². The van der Waals surface area contributed by atoms with Crippen molar-refractivity contribution in [2.45, 2.75) is 38.3 Å². The van der Waals surface area contributed by atoms with Gasteiger partial charge in [-0.25, -0.2) is 0 Å². The number of nitrogens with one attached hydrogen (secondary N) is 1. The van der Waals surface area contributed by atoms with Crippen LogP contribution in [0, 0.1) is 0 Å². The van der Waals surface area contributed by atoms with E-state index in [0.717, 1.165) is 37.2 Å². The second kappa shape index (κ2) is 7.58. The van der Waals surface area contributed by atoms with Gasteiger partial charge in [-0.2, -0.15) is 0 Å². The third-order valence-electron chi connectivity index (χ3n) is 4.55. The molecule has 128 valence electrons. The number of phenolic OH excluding ortho intramolecular Hbond substituents is 1. The number of fused-ring (bicyclic) bond motifs is 1. The first kappa shape index (κ1) is 16.7. The lowest BCUT2D eigenvalue weighted by Crippen LogP contribution is -2.34. The number of methoxy groups -OCH3 is 1. The smallest absolute Gasteiger partial charge is 0.160 e.